The molecule has 0 bridgehead atoms. The fraction of sp³-hybridized carbons (Fsp3) is 0.556. The number of rotatable bonds is 6. The van der Waals surface area contributed by atoms with E-state index in [1.54, 1.807) is 31.4 Å². The van der Waals surface area contributed by atoms with Gasteiger partial charge in [0.15, 0.2) is 6.10 Å². The third-order valence-corrected chi connectivity index (χ3v) is 3.90. The number of esters is 2. The van der Waals surface area contributed by atoms with Crippen molar-refractivity contribution < 1.29 is 28.5 Å². The van der Waals surface area contributed by atoms with Crippen LogP contribution < -0.4 is 9.47 Å². The second-order valence-corrected chi connectivity index (χ2v) is 6.87. The van der Waals surface area contributed by atoms with Gasteiger partial charge in [0.2, 0.25) is 6.10 Å². The summed E-state index contributed by atoms with van der Waals surface area (Å²) in [6, 6.07) is 6.93. The molecule has 0 radical (unpaired) electrons. The second-order valence-electron chi connectivity index (χ2n) is 6.87. The van der Waals surface area contributed by atoms with Gasteiger partial charge in [0.25, 0.3) is 0 Å². The average Bonchev–Trinajstić information content (AvgIpc) is 2.79. The Balaban J connectivity index is 2.08. The highest BCUT2D eigenvalue weighted by Gasteiger charge is 2.47. The van der Waals surface area contributed by atoms with Crippen LogP contribution in [-0.2, 0) is 19.1 Å². The van der Waals surface area contributed by atoms with Gasteiger partial charge >= 0.3 is 11.9 Å². The number of hydrogen-bond donors (Lipinski definition) is 0. The van der Waals surface area contributed by atoms with E-state index in [0.29, 0.717) is 11.5 Å². The van der Waals surface area contributed by atoms with E-state index in [9.17, 15) is 9.59 Å². The third kappa shape index (κ3) is 3.99. The van der Waals surface area contributed by atoms with Crippen molar-refractivity contribution in [1.29, 1.82) is 0 Å². The Kier molecular flexibility index (Phi) is 5.36. The molecule has 1 heterocycles. The quantitative estimate of drug-likeness (QED) is 0.744. The van der Waals surface area contributed by atoms with E-state index in [-0.39, 0.29) is 12.5 Å². The summed E-state index contributed by atoms with van der Waals surface area (Å²) in [5, 5.41) is 0. The number of ether oxygens (including phenoxy) is 4. The highest BCUT2D eigenvalue weighted by Crippen LogP contribution is 2.32. The molecule has 2 rings (SSSR count). The first kappa shape index (κ1) is 18.1. The van der Waals surface area contributed by atoms with E-state index in [4.69, 9.17) is 18.9 Å². The molecular formula is C18H24O6. The molecule has 1 aliphatic rings. The molecule has 0 aromatic heterocycles. The van der Waals surface area contributed by atoms with E-state index < -0.39 is 29.6 Å². The molecule has 1 aliphatic heterocycles. The van der Waals surface area contributed by atoms with E-state index in [1.807, 2.05) is 27.7 Å². The SMILES string of the molecule is COc1ccc(O[C@H](C(=O)O[C@H]2C(=O)OCC2(C)C)C(C)C)cc1. The van der Waals surface area contributed by atoms with Crippen LogP contribution in [0.25, 0.3) is 0 Å². The molecule has 1 aromatic rings. The molecule has 24 heavy (non-hydrogen) atoms. The van der Waals surface area contributed by atoms with E-state index in [0.717, 1.165) is 0 Å². The summed E-state index contributed by atoms with van der Waals surface area (Å²) < 4.78 is 21.3. The molecule has 1 saturated heterocycles. The van der Waals surface area contributed by atoms with Crippen molar-refractivity contribution in [3.63, 3.8) is 0 Å². The second kappa shape index (κ2) is 7.11. The summed E-state index contributed by atoms with van der Waals surface area (Å²) in [5.41, 5.74) is -0.547. The molecule has 6 heteroatoms. The van der Waals surface area contributed by atoms with Crippen LogP contribution in [0.5, 0.6) is 11.5 Å². The van der Waals surface area contributed by atoms with Gasteiger partial charge in [0.05, 0.1) is 7.11 Å². The lowest BCUT2D eigenvalue weighted by Gasteiger charge is -2.26. The molecule has 1 fully saturated rings. The van der Waals surface area contributed by atoms with Gasteiger partial charge in [0, 0.05) is 11.3 Å². The Hall–Kier alpha value is -2.24. The van der Waals surface area contributed by atoms with Crippen molar-refractivity contribution in [2.45, 2.75) is 39.9 Å². The maximum absolute atomic E-state index is 12.5. The van der Waals surface area contributed by atoms with Crippen LogP contribution in [-0.4, -0.2) is 37.9 Å². The maximum atomic E-state index is 12.5. The summed E-state index contributed by atoms with van der Waals surface area (Å²) in [5.74, 6) is 0.0133. The van der Waals surface area contributed by atoms with Gasteiger partial charge in [-0.05, 0) is 24.3 Å². The van der Waals surface area contributed by atoms with Crippen LogP contribution in [0.3, 0.4) is 0 Å². The van der Waals surface area contributed by atoms with Crippen molar-refractivity contribution in [1.82, 2.24) is 0 Å². The number of methoxy groups -OCH3 is 1. The van der Waals surface area contributed by atoms with Crippen molar-refractivity contribution in [2.75, 3.05) is 13.7 Å². The minimum atomic E-state index is -0.911. The van der Waals surface area contributed by atoms with Gasteiger partial charge in [0.1, 0.15) is 18.1 Å². The first-order valence-electron chi connectivity index (χ1n) is 7.92. The number of cyclic esters (lactones) is 1. The lowest BCUT2D eigenvalue weighted by atomic mass is 9.89. The highest BCUT2D eigenvalue weighted by molar-refractivity contribution is 5.83. The standard InChI is InChI=1S/C18H24O6/c1-11(2)14(23-13-8-6-12(21-5)7-9-13)16(19)24-15-17(20)22-10-18(15,3)4/h6-9,11,14-15H,10H2,1-5H3/t14-,15-/m0/s1. The minimum Gasteiger partial charge on any atom is -0.497 e. The van der Waals surface area contributed by atoms with Crippen LogP contribution in [0.1, 0.15) is 27.7 Å². The molecule has 0 N–H and O–H groups in total. The van der Waals surface area contributed by atoms with Crippen molar-refractivity contribution in [3.8, 4) is 11.5 Å². The van der Waals surface area contributed by atoms with Gasteiger partial charge in [-0.3, -0.25) is 0 Å². The summed E-state index contributed by atoms with van der Waals surface area (Å²) >= 11 is 0. The van der Waals surface area contributed by atoms with Crippen molar-refractivity contribution >= 4 is 11.9 Å². The normalized spacial score (nSPS) is 20.4. The Morgan fingerprint density at radius 2 is 1.79 bits per heavy atom. The zero-order valence-electron chi connectivity index (χ0n) is 14.7. The fourth-order valence-corrected chi connectivity index (χ4v) is 2.38. The Morgan fingerprint density at radius 1 is 1.21 bits per heavy atom. The molecule has 1 aromatic carbocycles. The van der Waals surface area contributed by atoms with E-state index in [1.165, 1.54) is 0 Å². The number of carbonyl (C=O) groups is 2. The molecule has 2 atom stereocenters. The minimum absolute atomic E-state index is 0.125. The fourth-order valence-electron chi connectivity index (χ4n) is 2.38. The topological polar surface area (TPSA) is 71.1 Å². The zero-order chi connectivity index (χ0) is 17.9. The van der Waals surface area contributed by atoms with Crippen LogP contribution in [0.15, 0.2) is 24.3 Å². The lowest BCUT2D eigenvalue weighted by Crippen LogP contribution is -2.41. The molecule has 0 saturated carbocycles. The van der Waals surface area contributed by atoms with Crippen LogP contribution in [0.2, 0.25) is 0 Å². The lowest BCUT2D eigenvalue weighted by molar-refractivity contribution is -0.170. The number of carbonyl (C=O) groups excluding carboxylic acids is 2. The monoisotopic (exact) mass is 336 g/mol. The smallest absolute Gasteiger partial charge is 0.348 e. The Morgan fingerprint density at radius 3 is 2.25 bits per heavy atom. The Bertz CT molecular complexity index is 590. The molecular weight excluding hydrogens is 312 g/mol. The first-order valence-corrected chi connectivity index (χ1v) is 7.92. The first-order chi connectivity index (χ1) is 11.2. The van der Waals surface area contributed by atoms with E-state index in [2.05, 4.69) is 0 Å². The van der Waals surface area contributed by atoms with Crippen LogP contribution >= 0.6 is 0 Å². The highest BCUT2D eigenvalue weighted by atomic mass is 16.6. The summed E-state index contributed by atoms with van der Waals surface area (Å²) in [4.78, 5) is 24.3. The largest absolute Gasteiger partial charge is 0.497 e. The van der Waals surface area contributed by atoms with Crippen molar-refractivity contribution in [3.05, 3.63) is 24.3 Å². The van der Waals surface area contributed by atoms with Crippen LogP contribution in [0.4, 0.5) is 0 Å². The van der Waals surface area contributed by atoms with Gasteiger partial charge in [-0.2, -0.15) is 0 Å². The van der Waals surface area contributed by atoms with Gasteiger partial charge in [-0.15, -0.1) is 0 Å². The summed E-state index contributed by atoms with van der Waals surface area (Å²) in [7, 11) is 1.58. The summed E-state index contributed by atoms with van der Waals surface area (Å²) in [6.07, 6.45) is -1.73. The van der Waals surface area contributed by atoms with Gasteiger partial charge in [-0.1, -0.05) is 27.7 Å². The predicted molar refractivity (Wildman–Crippen MR) is 86.9 cm³/mol. The molecule has 132 valence electrons. The average molecular weight is 336 g/mol. The van der Waals surface area contributed by atoms with Crippen molar-refractivity contribution in [2.24, 2.45) is 11.3 Å². The zero-order valence-corrected chi connectivity index (χ0v) is 14.7. The van der Waals surface area contributed by atoms with E-state index >= 15 is 0 Å². The third-order valence-electron chi connectivity index (χ3n) is 3.90. The van der Waals surface area contributed by atoms with Crippen LogP contribution in [0, 0.1) is 11.3 Å². The summed E-state index contributed by atoms with van der Waals surface area (Å²) in [6.45, 7) is 7.59. The Labute approximate surface area is 142 Å². The van der Waals surface area contributed by atoms with Gasteiger partial charge < -0.3 is 18.9 Å². The molecule has 6 nitrogen and oxygen atoms in total. The van der Waals surface area contributed by atoms with Gasteiger partial charge in [-0.25, -0.2) is 9.59 Å². The molecule has 0 aliphatic carbocycles. The molecule has 0 spiro atoms. The molecule has 0 amide bonds. The maximum Gasteiger partial charge on any atom is 0.348 e. The number of benzene rings is 1. The number of hydrogen-bond acceptors (Lipinski definition) is 6. The predicted octanol–water partition coefficient (Wildman–Crippen LogP) is 2.59. The molecule has 0 unspecified atom stereocenters.